The van der Waals surface area contributed by atoms with Crippen molar-refractivity contribution in [1.29, 1.82) is 0 Å². The van der Waals surface area contributed by atoms with E-state index in [9.17, 15) is 12.8 Å². The van der Waals surface area contributed by atoms with Gasteiger partial charge in [0, 0.05) is 0 Å². The van der Waals surface area contributed by atoms with Gasteiger partial charge in [-0.25, -0.2) is 8.42 Å². The first-order chi connectivity index (χ1) is 9.47. The number of aryl methyl sites for hydroxylation is 2. The topological polar surface area (TPSA) is 46.2 Å². The summed E-state index contributed by atoms with van der Waals surface area (Å²) in [5, 5.41) is -0.509. The number of sulfonamides is 1. The summed E-state index contributed by atoms with van der Waals surface area (Å²) < 4.78 is 40.2. The zero-order valence-corrected chi connectivity index (χ0v) is 12.9. The molecule has 0 spiro atoms. The summed E-state index contributed by atoms with van der Waals surface area (Å²) in [6, 6.07) is 8.15. The predicted molar refractivity (Wildman–Crippen MR) is 80.3 cm³/mol. The summed E-state index contributed by atoms with van der Waals surface area (Å²) in [4.78, 5) is 0. The van der Waals surface area contributed by atoms with E-state index in [0.29, 0.717) is 17.0 Å². The van der Waals surface area contributed by atoms with E-state index in [1.165, 1.54) is 6.07 Å². The summed E-state index contributed by atoms with van der Waals surface area (Å²) in [6.45, 7) is 3.94. The Kier molecular flexibility index (Phi) is 4.45. The van der Waals surface area contributed by atoms with E-state index in [2.05, 4.69) is 4.72 Å². The van der Waals surface area contributed by atoms with Crippen LogP contribution in [0.2, 0.25) is 0 Å². The second-order valence-electron chi connectivity index (χ2n) is 4.32. The number of benzene rings is 1. The molecule has 0 saturated heterocycles. The van der Waals surface area contributed by atoms with Crippen molar-refractivity contribution < 1.29 is 12.8 Å². The highest BCUT2D eigenvalue weighted by atomic mass is 32.2. The fourth-order valence-corrected chi connectivity index (χ4v) is 4.15. The van der Waals surface area contributed by atoms with E-state index in [0.717, 1.165) is 30.0 Å². The highest BCUT2D eigenvalue weighted by Crippen LogP contribution is 2.28. The van der Waals surface area contributed by atoms with Gasteiger partial charge in [-0.05, 0) is 36.1 Å². The lowest BCUT2D eigenvalue weighted by Crippen LogP contribution is -2.14. The Bertz CT molecular complexity index is 685. The Morgan fingerprint density at radius 1 is 1.10 bits per heavy atom. The van der Waals surface area contributed by atoms with Crippen molar-refractivity contribution in [3.63, 3.8) is 0 Å². The van der Waals surface area contributed by atoms with Crippen molar-refractivity contribution in [2.24, 2.45) is 0 Å². The van der Waals surface area contributed by atoms with Crippen LogP contribution in [0.4, 0.5) is 10.1 Å². The summed E-state index contributed by atoms with van der Waals surface area (Å²) >= 11 is 0.624. The maximum atomic E-state index is 13.0. The third-order valence-corrected chi connectivity index (χ3v) is 5.76. The smallest absolute Gasteiger partial charge is 0.271 e. The van der Waals surface area contributed by atoms with Crippen molar-refractivity contribution in [3.8, 4) is 0 Å². The lowest BCUT2D eigenvalue weighted by molar-refractivity contribution is 0.603. The highest BCUT2D eigenvalue weighted by molar-refractivity contribution is 7.94. The largest absolute Gasteiger partial charge is 0.278 e. The van der Waals surface area contributed by atoms with Gasteiger partial charge in [0.05, 0.1) is 5.69 Å². The Morgan fingerprint density at radius 2 is 1.70 bits per heavy atom. The van der Waals surface area contributed by atoms with Crippen LogP contribution in [0.1, 0.15) is 25.0 Å². The molecule has 0 aliphatic rings. The standard InChI is InChI=1S/C14H16FNO2S2/c1-3-10-6-5-7-11(4-2)14(10)16-20(17,18)13-9-8-12(15)19-13/h5-9,16H,3-4H2,1-2H3. The van der Waals surface area contributed by atoms with Crippen molar-refractivity contribution in [1.82, 2.24) is 0 Å². The summed E-state index contributed by atoms with van der Waals surface area (Å²) in [7, 11) is -3.73. The number of hydrogen-bond acceptors (Lipinski definition) is 3. The summed E-state index contributed by atoms with van der Waals surface area (Å²) in [5.41, 5.74) is 2.49. The van der Waals surface area contributed by atoms with Gasteiger partial charge in [0.1, 0.15) is 4.21 Å². The predicted octanol–water partition coefficient (Wildman–Crippen LogP) is 3.81. The molecule has 0 atom stereocenters. The minimum absolute atomic E-state index is 0.0111. The van der Waals surface area contributed by atoms with Crippen molar-refractivity contribution in [2.45, 2.75) is 30.9 Å². The zero-order valence-electron chi connectivity index (χ0n) is 11.3. The Morgan fingerprint density at radius 3 is 2.15 bits per heavy atom. The molecule has 0 fully saturated rings. The number of thiophene rings is 1. The van der Waals surface area contributed by atoms with Crippen LogP contribution in [0.15, 0.2) is 34.5 Å². The number of nitrogens with one attached hydrogen (secondary N) is 1. The monoisotopic (exact) mass is 313 g/mol. The van der Waals surface area contributed by atoms with Crippen LogP contribution in [-0.4, -0.2) is 8.42 Å². The number of hydrogen-bond donors (Lipinski definition) is 1. The van der Waals surface area contributed by atoms with Crippen LogP contribution in [0.5, 0.6) is 0 Å². The molecule has 2 aromatic rings. The molecule has 0 saturated carbocycles. The van der Waals surface area contributed by atoms with E-state index in [4.69, 9.17) is 0 Å². The lowest BCUT2D eigenvalue weighted by atomic mass is 10.0. The second-order valence-corrected chi connectivity index (χ2v) is 7.27. The van der Waals surface area contributed by atoms with Crippen molar-refractivity contribution in [2.75, 3.05) is 4.72 Å². The molecule has 1 N–H and O–H groups in total. The number of anilines is 1. The molecule has 1 aromatic carbocycles. The molecule has 108 valence electrons. The van der Waals surface area contributed by atoms with E-state index >= 15 is 0 Å². The molecule has 0 amide bonds. The van der Waals surface area contributed by atoms with E-state index in [-0.39, 0.29) is 4.21 Å². The van der Waals surface area contributed by atoms with E-state index in [1.54, 1.807) is 0 Å². The lowest BCUT2D eigenvalue weighted by Gasteiger charge is -2.14. The van der Waals surface area contributed by atoms with Gasteiger partial charge in [0.25, 0.3) is 10.0 Å². The molecule has 6 heteroatoms. The van der Waals surface area contributed by atoms with E-state index in [1.807, 2.05) is 32.0 Å². The van der Waals surface area contributed by atoms with Crippen LogP contribution in [0.25, 0.3) is 0 Å². The van der Waals surface area contributed by atoms with Crippen LogP contribution in [0.3, 0.4) is 0 Å². The van der Waals surface area contributed by atoms with Crippen LogP contribution >= 0.6 is 11.3 Å². The molecule has 1 aromatic heterocycles. The Labute approximate surface area is 122 Å². The fraction of sp³-hybridized carbons (Fsp3) is 0.286. The van der Waals surface area contributed by atoms with Gasteiger partial charge in [-0.15, -0.1) is 0 Å². The van der Waals surface area contributed by atoms with Gasteiger partial charge in [0.2, 0.25) is 0 Å². The molecule has 2 rings (SSSR count). The van der Waals surface area contributed by atoms with Crippen LogP contribution in [-0.2, 0) is 22.9 Å². The second kappa shape index (κ2) is 5.93. The molecule has 3 nitrogen and oxygen atoms in total. The number of halogens is 1. The molecular formula is C14H16FNO2S2. The first kappa shape index (κ1) is 15.0. The van der Waals surface area contributed by atoms with Gasteiger partial charge in [-0.2, -0.15) is 4.39 Å². The van der Waals surface area contributed by atoms with Crippen LogP contribution < -0.4 is 4.72 Å². The zero-order chi connectivity index (χ0) is 14.8. The molecule has 0 unspecified atom stereocenters. The van der Waals surface area contributed by atoms with E-state index < -0.39 is 15.2 Å². The highest BCUT2D eigenvalue weighted by Gasteiger charge is 2.19. The summed E-state index contributed by atoms with van der Waals surface area (Å²) in [6.07, 6.45) is 1.45. The quantitative estimate of drug-likeness (QED) is 0.912. The van der Waals surface area contributed by atoms with Gasteiger partial charge >= 0.3 is 0 Å². The molecule has 1 heterocycles. The normalized spacial score (nSPS) is 11.6. The van der Waals surface area contributed by atoms with Gasteiger partial charge in [-0.3, -0.25) is 4.72 Å². The molecular weight excluding hydrogens is 297 g/mol. The first-order valence-corrected chi connectivity index (χ1v) is 8.66. The number of para-hydroxylation sites is 1. The fourth-order valence-electron chi connectivity index (χ4n) is 2.00. The minimum atomic E-state index is -3.73. The third-order valence-electron chi connectivity index (χ3n) is 3.05. The van der Waals surface area contributed by atoms with Crippen molar-refractivity contribution in [3.05, 3.63) is 46.6 Å². The molecule has 0 bridgehead atoms. The molecule has 0 aliphatic carbocycles. The maximum Gasteiger partial charge on any atom is 0.271 e. The summed E-state index contributed by atoms with van der Waals surface area (Å²) in [5.74, 6) is 0. The maximum absolute atomic E-state index is 13.0. The van der Waals surface area contributed by atoms with Crippen LogP contribution in [0, 0.1) is 5.13 Å². The number of rotatable bonds is 5. The molecule has 20 heavy (non-hydrogen) atoms. The van der Waals surface area contributed by atoms with Crippen molar-refractivity contribution >= 4 is 27.0 Å². The Balaban J connectivity index is 2.43. The average molecular weight is 313 g/mol. The first-order valence-electron chi connectivity index (χ1n) is 6.36. The Hall–Kier alpha value is -1.40. The molecule has 0 aliphatic heterocycles. The van der Waals surface area contributed by atoms with Gasteiger partial charge in [0.15, 0.2) is 5.13 Å². The van der Waals surface area contributed by atoms with Gasteiger partial charge < -0.3 is 0 Å². The minimum Gasteiger partial charge on any atom is -0.278 e. The molecule has 0 radical (unpaired) electrons. The third kappa shape index (κ3) is 3.02. The average Bonchev–Trinajstić information content (AvgIpc) is 2.86. The van der Waals surface area contributed by atoms with Gasteiger partial charge in [-0.1, -0.05) is 43.4 Å². The SMILES string of the molecule is CCc1cccc(CC)c1NS(=O)(=O)c1ccc(F)s1.